The number of benzene rings is 1. The van der Waals surface area contributed by atoms with E-state index in [1.54, 1.807) is 6.33 Å². The standard InChI is InChI=1S/C27H38N8O/c1-19-17-22(34-11-9-21(10-12-34)35-13-15-36-16-14-35)7-8-23(19)31-27-32-25-24(28-18-29-25)26(33-27)30-20-5-3-2-4-6-20/h7-8,17-18,20-21H,2-6,9-16H2,1H3,(H3,28,29,30,31,32,33). The molecule has 4 heterocycles. The van der Waals surface area contributed by atoms with Gasteiger partial charge in [0.15, 0.2) is 11.5 Å². The summed E-state index contributed by atoms with van der Waals surface area (Å²) in [6.07, 6.45) is 10.4. The van der Waals surface area contributed by atoms with Gasteiger partial charge in [0, 0.05) is 49.6 Å². The van der Waals surface area contributed by atoms with Gasteiger partial charge in [0.05, 0.1) is 19.5 Å². The Hall–Kier alpha value is -2.91. The summed E-state index contributed by atoms with van der Waals surface area (Å²) in [6, 6.07) is 7.81. The number of piperidine rings is 1. The number of hydrogen-bond donors (Lipinski definition) is 3. The van der Waals surface area contributed by atoms with Crippen molar-refractivity contribution in [2.75, 3.05) is 54.9 Å². The van der Waals surface area contributed by atoms with Gasteiger partial charge in [0.2, 0.25) is 5.95 Å². The van der Waals surface area contributed by atoms with E-state index in [1.165, 1.54) is 56.2 Å². The predicted molar refractivity (Wildman–Crippen MR) is 144 cm³/mol. The summed E-state index contributed by atoms with van der Waals surface area (Å²) in [5, 5.41) is 7.11. The van der Waals surface area contributed by atoms with Gasteiger partial charge in [-0.2, -0.15) is 9.97 Å². The summed E-state index contributed by atoms with van der Waals surface area (Å²) in [6.45, 7) is 8.27. The lowest BCUT2D eigenvalue weighted by atomic mass is 9.95. The normalized spacial score (nSPS) is 20.6. The Labute approximate surface area is 213 Å². The van der Waals surface area contributed by atoms with Crippen molar-refractivity contribution in [2.45, 2.75) is 64.0 Å². The summed E-state index contributed by atoms with van der Waals surface area (Å²) in [7, 11) is 0. The molecule has 0 unspecified atom stereocenters. The van der Waals surface area contributed by atoms with E-state index in [9.17, 15) is 0 Å². The lowest BCUT2D eigenvalue weighted by Crippen LogP contribution is -2.49. The maximum atomic E-state index is 5.53. The Balaban J connectivity index is 1.13. The second-order valence-electron chi connectivity index (χ2n) is 10.5. The van der Waals surface area contributed by atoms with Gasteiger partial charge < -0.3 is 25.3 Å². The van der Waals surface area contributed by atoms with Gasteiger partial charge in [-0.3, -0.25) is 4.90 Å². The van der Waals surface area contributed by atoms with Gasteiger partial charge in [-0.25, -0.2) is 4.98 Å². The van der Waals surface area contributed by atoms with Crippen LogP contribution in [0.3, 0.4) is 0 Å². The number of nitrogens with one attached hydrogen (secondary N) is 3. The van der Waals surface area contributed by atoms with Crippen molar-refractivity contribution in [3.63, 3.8) is 0 Å². The molecule has 3 N–H and O–H groups in total. The number of ether oxygens (including phenoxy) is 1. The fourth-order valence-electron chi connectivity index (χ4n) is 5.97. The topological polar surface area (TPSA) is 94.2 Å². The molecule has 1 saturated carbocycles. The first kappa shape index (κ1) is 23.5. The number of rotatable bonds is 6. The predicted octanol–water partition coefficient (Wildman–Crippen LogP) is 4.45. The molecule has 0 atom stereocenters. The third-order valence-electron chi connectivity index (χ3n) is 8.08. The average molecular weight is 491 g/mol. The van der Waals surface area contributed by atoms with E-state index in [4.69, 9.17) is 9.72 Å². The number of imidazole rings is 1. The summed E-state index contributed by atoms with van der Waals surface area (Å²) < 4.78 is 5.53. The van der Waals surface area contributed by atoms with Crippen molar-refractivity contribution in [3.8, 4) is 0 Å². The summed E-state index contributed by atoms with van der Waals surface area (Å²) in [4.78, 5) is 22.3. The summed E-state index contributed by atoms with van der Waals surface area (Å²) in [5.74, 6) is 1.42. The van der Waals surface area contributed by atoms with E-state index in [-0.39, 0.29) is 0 Å². The van der Waals surface area contributed by atoms with Crippen LogP contribution in [-0.4, -0.2) is 76.3 Å². The lowest BCUT2D eigenvalue weighted by Gasteiger charge is -2.41. The van der Waals surface area contributed by atoms with Gasteiger partial charge in [-0.05, 0) is 56.4 Å². The third-order valence-corrected chi connectivity index (χ3v) is 8.08. The van der Waals surface area contributed by atoms with Gasteiger partial charge in [0.1, 0.15) is 5.52 Å². The highest BCUT2D eigenvalue weighted by Crippen LogP contribution is 2.30. The Morgan fingerprint density at radius 3 is 2.56 bits per heavy atom. The Morgan fingerprint density at radius 2 is 1.78 bits per heavy atom. The molecule has 2 aliphatic heterocycles. The van der Waals surface area contributed by atoms with Crippen LogP contribution < -0.4 is 15.5 Å². The Kier molecular flexibility index (Phi) is 6.92. The van der Waals surface area contributed by atoms with Gasteiger partial charge in [-0.1, -0.05) is 19.3 Å². The summed E-state index contributed by atoms with van der Waals surface area (Å²) >= 11 is 0. The Morgan fingerprint density at radius 1 is 0.972 bits per heavy atom. The quantitative estimate of drug-likeness (QED) is 0.467. The lowest BCUT2D eigenvalue weighted by molar-refractivity contribution is 0.0115. The molecule has 192 valence electrons. The molecule has 3 fully saturated rings. The van der Waals surface area contributed by atoms with Crippen LogP contribution >= 0.6 is 0 Å². The molecule has 3 aromatic rings. The van der Waals surface area contributed by atoms with Gasteiger partial charge in [0.25, 0.3) is 0 Å². The SMILES string of the molecule is Cc1cc(N2CCC(N3CCOCC3)CC2)ccc1Nc1nc(NC2CCCCC2)c2[nH]cnc2n1. The van der Waals surface area contributed by atoms with E-state index >= 15 is 0 Å². The highest BCUT2D eigenvalue weighted by atomic mass is 16.5. The van der Waals surface area contributed by atoms with Crippen molar-refractivity contribution in [1.29, 1.82) is 0 Å². The van der Waals surface area contributed by atoms with Crippen LogP contribution in [0.5, 0.6) is 0 Å². The molecule has 6 rings (SSSR count). The molecule has 0 radical (unpaired) electrons. The molecule has 0 bridgehead atoms. The minimum absolute atomic E-state index is 0.460. The van der Waals surface area contributed by atoms with Crippen LogP contribution in [0, 0.1) is 6.92 Å². The largest absolute Gasteiger partial charge is 0.379 e. The first-order valence-electron chi connectivity index (χ1n) is 13.6. The smallest absolute Gasteiger partial charge is 0.231 e. The zero-order chi connectivity index (χ0) is 24.3. The van der Waals surface area contributed by atoms with Crippen molar-refractivity contribution in [1.82, 2.24) is 24.8 Å². The van der Waals surface area contributed by atoms with Gasteiger partial charge >= 0.3 is 0 Å². The molecule has 0 amide bonds. The van der Waals surface area contributed by atoms with Crippen LogP contribution in [0.15, 0.2) is 24.5 Å². The van der Waals surface area contributed by atoms with E-state index in [2.05, 4.69) is 60.5 Å². The highest BCUT2D eigenvalue weighted by Gasteiger charge is 2.26. The molecule has 0 spiro atoms. The van der Waals surface area contributed by atoms with Crippen molar-refractivity contribution in [3.05, 3.63) is 30.1 Å². The van der Waals surface area contributed by atoms with Crippen LogP contribution in [0.4, 0.5) is 23.1 Å². The van der Waals surface area contributed by atoms with Crippen LogP contribution in [0.25, 0.3) is 11.2 Å². The number of hydrogen-bond acceptors (Lipinski definition) is 8. The molecule has 3 aliphatic rings. The molecule has 1 aliphatic carbocycles. The van der Waals surface area contributed by atoms with Crippen LogP contribution in [0.1, 0.15) is 50.5 Å². The zero-order valence-electron chi connectivity index (χ0n) is 21.3. The van der Waals surface area contributed by atoms with Crippen molar-refractivity contribution >= 4 is 34.3 Å². The second-order valence-corrected chi connectivity index (χ2v) is 10.5. The minimum atomic E-state index is 0.460. The molecular formula is C27H38N8O. The first-order valence-corrected chi connectivity index (χ1v) is 13.6. The van der Waals surface area contributed by atoms with E-state index in [0.717, 1.165) is 56.4 Å². The fourth-order valence-corrected chi connectivity index (χ4v) is 5.97. The number of aromatic amines is 1. The first-order chi connectivity index (χ1) is 17.7. The maximum absolute atomic E-state index is 5.53. The van der Waals surface area contributed by atoms with E-state index in [1.807, 2.05) is 0 Å². The van der Waals surface area contributed by atoms with Gasteiger partial charge in [-0.15, -0.1) is 0 Å². The van der Waals surface area contributed by atoms with Crippen LogP contribution in [0.2, 0.25) is 0 Å². The number of H-pyrrole nitrogens is 1. The number of aryl methyl sites for hydroxylation is 1. The second kappa shape index (κ2) is 10.6. The number of nitrogens with zero attached hydrogens (tertiary/aromatic N) is 5. The van der Waals surface area contributed by atoms with E-state index < -0.39 is 0 Å². The zero-order valence-corrected chi connectivity index (χ0v) is 21.3. The fraction of sp³-hybridized carbons (Fsp3) is 0.593. The molecule has 2 saturated heterocycles. The third kappa shape index (κ3) is 5.13. The minimum Gasteiger partial charge on any atom is -0.379 e. The van der Waals surface area contributed by atoms with Crippen molar-refractivity contribution in [2.24, 2.45) is 0 Å². The van der Waals surface area contributed by atoms with Crippen molar-refractivity contribution < 1.29 is 4.74 Å². The molecular weight excluding hydrogens is 452 g/mol. The van der Waals surface area contributed by atoms with E-state index in [0.29, 0.717) is 23.7 Å². The summed E-state index contributed by atoms with van der Waals surface area (Å²) in [5.41, 5.74) is 5.07. The average Bonchev–Trinajstić information content (AvgIpc) is 3.40. The molecule has 36 heavy (non-hydrogen) atoms. The monoisotopic (exact) mass is 490 g/mol. The Bertz CT molecular complexity index is 1160. The molecule has 9 nitrogen and oxygen atoms in total. The molecule has 1 aromatic carbocycles. The highest BCUT2D eigenvalue weighted by molar-refractivity contribution is 5.84. The van der Waals surface area contributed by atoms with Crippen LogP contribution in [-0.2, 0) is 4.74 Å². The number of morpholine rings is 1. The number of fused-ring (bicyclic) bond motifs is 1. The molecule has 9 heteroatoms. The number of anilines is 4. The number of aromatic nitrogens is 4. The molecule has 2 aromatic heterocycles. The maximum Gasteiger partial charge on any atom is 0.231 e.